The van der Waals surface area contributed by atoms with Crippen LogP contribution >= 0.6 is 0 Å². The van der Waals surface area contributed by atoms with E-state index in [0.717, 1.165) is 19.4 Å². The highest BCUT2D eigenvalue weighted by molar-refractivity contribution is 5.84. The Bertz CT molecular complexity index is 241. The van der Waals surface area contributed by atoms with E-state index in [1.807, 2.05) is 20.8 Å². The Morgan fingerprint density at radius 3 is 2.62 bits per heavy atom. The Labute approximate surface area is 97.9 Å². The van der Waals surface area contributed by atoms with Crippen molar-refractivity contribution in [3.05, 3.63) is 0 Å². The van der Waals surface area contributed by atoms with Crippen LogP contribution in [-0.2, 0) is 9.53 Å². The van der Waals surface area contributed by atoms with Crippen molar-refractivity contribution in [2.24, 2.45) is 5.73 Å². The summed E-state index contributed by atoms with van der Waals surface area (Å²) in [5.41, 5.74) is 4.77. The Hall–Kier alpha value is -0.610. The van der Waals surface area contributed by atoms with Crippen LogP contribution in [0.15, 0.2) is 0 Å². The van der Waals surface area contributed by atoms with Gasteiger partial charge in [-0.25, -0.2) is 0 Å². The van der Waals surface area contributed by atoms with Crippen molar-refractivity contribution in [2.45, 2.75) is 64.2 Å². The largest absolute Gasteiger partial charge is 0.375 e. The zero-order valence-electron chi connectivity index (χ0n) is 10.6. The maximum Gasteiger partial charge on any atom is 0.237 e. The smallest absolute Gasteiger partial charge is 0.237 e. The molecule has 0 heterocycles. The Morgan fingerprint density at radius 1 is 1.62 bits per heavy atom. The molecule has 0 aliphatic heterocycles. The lowest BCUT2D eigenvalue weighted by molar-refractivity contribution is -0.126. The molecular formula is C12H24N2O2. The Kier molecular flexibility index (Phi) is 4.74. The van der Waals surface area contributed by atoms with Crippen LogP contribution in [0, 0.1) is 0 Å². The minimum absolute atomic E-state index is 0.0712. The van der Waals surface area contributed by atoms with E-state index in [2.05, 4.69) is 5.32 Å². The van der Waals surface area contributed by atoms with E-state index < -0.39 is 5.54 Å². The number of ether oxygens (including phenoxy) is 1. The van der Waals surface area contributed by atoms with Gasteiger partial charge in [0.25, 0.3) is 0 Å². The van der Waals surface area contributed by atoms with Crippen molar-refractivity contribution in [1.82, 2.24) is 5.32 Å². The quantitative estimate of drug-likeness (QED) is 0.688. The number of hydrogen-bond acceptors (Lipinski definition) is 3. The molecule has 0 aromatic carbocycles. The third-order valence-corrected chi connectivity index (χ3v) is 3.28. The van der Waals surface area contributed by atoms with E-state index in [4.69, 9.17) is 10.5 Å². The summed E-state index contributed by atoms with van der Waals surface area (Å²) in [5.74, 6) is -0.307. The fourth-order valence-electron chi connectivity index (χ4n) is 2.11. The summed E-state index contributed by atoms with van der Waals surface area (Å²) in [5, 5.41) is 3.14. The predicted octanol–water partition coefficient (Wildman–Crippen LogP) is 1.19. The van der Waals surface area contributed by atoms with Crippen LogP contribution in [0.4, 0.5) is 0 Å². The molecule has 0 bridgehead atoms. The van der Waals surface area contributed by atoms with E-state index in [9.17, 15) is 4.79 Å². The van der Waals surface area contributed by atoms with Crippen molar-refractivity contribution in [2.75, 3.05) is 6.54 Å². The maximum absolute atomic E-state index is 11.4. The first-order valence-corrected chi connectivity index (χ1v) is 6.18. The minimum Gasteiger partial charge on any atom is -0.375 e. The van der Waals surface area contributed by atoms with Gasteiger partial charge in [0.15, 0.2) is 0 Å². The van der Waals surface area contributed by atoms with Gasteiger partial charge < -0.3 is 15.8 Å². The third-order valence-electron chi connectivity index (χ3n) is 3.28. The predicted molar refractivity (Wildman–Crippen MR) is 64.1 cm³/mol. The van der Waals surface area contributed by atoms with Crippen molar-refractivity contribution < 1.29 is 9.53 Å². The molecule has 3 N–H and O–H groups in total. The normalized spacial score (nSPS) is 22.2. The van der Waals surface area contributed by atoms with Gasteiger partial charge in [0.05, 0.1) is 17.7 Å². The van der Waals surface area contributed by atoms with Gasteiger partial charge >= 0.3 is 0 Å². The van der Waals surface area contributed by atoms with Crippen molar-refractivity contribution in [1.29, 1.82) is 0 Å². The van der Waals surface area contributed by atoms with Crippen LogP contribution < -0.4 is 11.1 Å². The molecule has 1 rings (SSSR count). The second-order valence-electron chi connectivity index (χ2n) is 4.93. The molecule has 2 atom stereocenters. The molecule has 4 nitrogen and oxygen atoms in total. The summed E-state index contributed by atoms with van der Waals surface area (Å²) in [6, 6.07) is 0. The van der Waals surface area contributed by atoms with E-state index in [0.29, 0.717) is 12.5 Å². The first-order chi connectivity index (χ1) is 7.48. The monoisotopic (exact) mass is 228 g/mol. The number of nitrogens with one attached hydrogen (secondary N) is 1. The molecule has 1 aliphatic carbocycles. The molecule has 1 aliphatic rings. The van der Waals surface area contributed by atoms with Gasteiger partial charge in [-0.3, -0.25) is 4.79 Å². The topological polar surface area (TPSA) is 64.3 Å². The number of amides is 1. The molecule has 2 unspecified atom stereocenters. The summed E-state index contributed by atoms with van der Waals surface area (Å²) < 4.78 is 5.83. The molecule has 0 saturated heterocycles. The third kappa shape index (κ3) is 3.46. The van der Waals surface area contributed by atoms with Crippen LogP contribution in [0.2, 0.25) is 0 Å². The number of likely N-dealkylation sites (N-methyl/N-ethyl adjacent to an activating group) is 1. The number of carbonyl (C=O) groups is 1. The Balaban J connectivity index is 2.43. The van der Waals surface area contributed by atoms with E-state index in [1.165, 1.54) is 6.42 Å². The van der Waals surface area contributed by atoms with E-state index in [1.54, 1.807) is 0 Å². The van der Waals surface area contributed by atoms with Gasteiger partial charge in [-0.15, -0.1) is 0 Å². The lowest BCUT2D eigenvalue weighted by Gasteiger charge is -2.34. The first-order valence-electron chi connectivity index (χ1n) is 6.18. The molecule has 0 radical (unpaired) electrons. The lowest BCUT2D eigenvalue weighted by Crippen LogP contribution is -2.55. The zero-order valence-corrected chi connectivity index (χ0v) is 10.6. The number of carbonyl (C=O) groups excluding carboxylic acids is 1. The molecule has 4 heteroatoms. The van der Waals surface area contributed by atoms with E-state index >= 15 is 0 Å². The minimum atomic E-state index is -0.655. The van der Waals surface area contributed by atoms with Crippen LogP contribution in [0.1, 0.15) is 46.5 Å². The van der Waals surface area contributed by atoms with Crippen molar-refractivity contribution >= 4 is 5.91 Å². The maximum atomic E-state index is 11.4. The molecule has 94 valence electrons. The van der Waals surface area contributed by atoms with Gasteiger partial charge in [0.1, 0.15) is 0 Å². The molecule has 0 aromatic rings. The van der Waals surface area contributed by atoms with Crippen molar-refractivity contribution in [3.8, 4) is 0 Å². The lowest BCUT2D eigenvalue weighted by atomic mass is 9.92. The van der Waals surface area contributed by atoms with Gasteiger partial charge in [-0.2, -0.15) is 0 Å². The van der Waals surface area contributed by atoms with Gasteiger partial charge in [-0.05, 0) is 39.7 Å². The summed E-state index contributed by atoms with van der Waals surface area (Å²) in [7, 11) is 0. The highest BCUT2D eigenvalue weighted by Gasteiger charge is 2.33. The molecule has 1 amide bonds. The molecule has 0 aromatic heterocycles. The highest BCUT2D eigenvalue weighted by atomic mass is 16.5. The van der Waals surface area contributed by atoms with Gasteiger partial charge in [0.2, 0.25) is 5.91 Å². The second kappa shape index (κ2) is 5.64. The second-order valence-corrected chi connectivity index (χ2v) is 4.93. The van der Waals surface area contributed by atoms with Gasteiger partial charge in [0, 0.05) is 6.42 Å². The van der Waals surface area contributed by atoms with Gasteiger partial charge in [-0.1, -0.05) is 6.92 Å². The summed E-state index contributed by atoms with van der Waals surface area (Å²) in [4.78, 5) is 11.4. The number of primary amides is 1. The van der Waals surface area contributed by atoms with Crippen LogP contribution in [0.3, 0.4) is 0 Å². The standard InChI is InChI=1S/C12H24N2O2/c1-4-14-12(3,11(13)15)8-9(2)16-10-6-5-7-10/h9-10,14H,4-8H2,1-3H3,(H2,13,15). The molecular weight excluding hydrogens is 204 g/mol. The Morgan fingerprint density at radius 2 is 2.25 bits per heavy atom. The van der Waals surface area contributed by atoms with E-state index in [-0.39, 0.29) is 12.0 Å². The fourth-order valence-corrected chi connectivity index (χ4v) is 2.11. The average molecular weight is 228 g/mol. The number of hydrogen-bond donors (Lipinski definition) is 2. The molecule has 0 spiro atoms. The summed E-state index contributed by atoms with van der Waals surface area (Å²) in [6.07, 6.45) is 4.66. The molecule has 16 heavy (non-hydrogen) atoms. The zero-order chi connectivity index (χ0) is 12.2. The fraction of sp³-hybridized carbons (Fsp3) is 0.917. The number of nitrogens with two attached hydrogens (primary N) is 1. The summed E-state index contributed by atoms with van der Waals surface area (Å²) in [6.45, 7) is 6.56. The SMILES string of the molecule is CCNC(C)(CC(C)OC1CCC1)C(N)=O. The first kappa shape index (κ1) is 13.5. The van der Waals surface area contributed by atoms with Crippen molar-refractivity contribution in [3.63, 3.8) is 0 Å². The average Bonchev–Trinajstić information content (AvgIpc) is 2.11. The highest BCUT2D eigenvalue weighted by Crippen LogP contribution is 2.25. The van der Waals surface area contributed by atoms with Crippen LogP contribution in [0.5, 0.6) is 0 Å². The number of rotatable bonds is 7. The van der Waals surface area contributed by atoms with Crippen LogP contribution in [0.25, 0.3) is 0 Å². The van der Waals surface area contributed by atoms with Crippen LogP contribution in [-0.4, -0.2) is 30.2 Å². The molecule has 1 fully saturated rings. The summed E-state index contributed by atoms with van der Waals surface area (Å²) >= 11 is 0. The molecule has 1 saturated carbocycles.